The van der Waals surface area contributed by atoms with E-state index in [-0.39, 0.29) is 5.91 Å². The predicted octanol–water partition coefficient (Wildman–Crippen LogP) is 4.60. The van der Waals surface area contributed by atoms with Crippen molar-refractivity contribution in [2.75, 3.05) is 5.32 Å². The molecule has 2 aromatic carbocycles. The molecule has 0 aliphatic rings. The first-order valence-electron chi connectivity index (χ1n) is 8.15. The van der Waals surface area contributed by atoms with E-state index in [9.17, 15) is 4.79 Å². The Morgan fingerprint density at radius 1 is 1.16 bits per heavy atom. The minimum Gasteiger partial charge on any atom is -0.485 e. The first-order chi connectivity index (χ1) is 12.2. The third-order valence-corrected chi connectivity index (χ3v) is 4.42. The molecule has 0 radical (unpaired) electrons. The van der Waals surface area contributed by atoms with Gasteiger partial charge in [-0.3, -0.25) is 4.79 Å². The van der Waals surface area contributed by atoms with Crippen LogP contribution in [0.4, 0.5) is 5.69 Å². The number of hydrogen-bond acceptors (Lipinski definition) is 4. The Labute approximate surface area is 151 Å². The second kappa shape index (κ2) is 8.44. The molecule has 1 N–H and O–H groups in total. The Morgan fingerprint density at radius 2 is 1.96 bits per heavy atom. The van der Waals surface area contributed by atoms with Gasteiger partial charge in [0.05, 0.1) is 16.9 Å². The van der Waals surface area contributed by atoms with Crippen molar-refractivity contribution >= 4 is 22.9 Å². The standard InChI is InChI=1S/C20H20N2O2S/c1-15-6-8-16(9-7-15)10-11-20(23)22-18-4-2-3-5-19(18)24-12-17-13-25-14-21-17/h2-9,13-14H,10-12H2,1H3,(H,22,23). The van der Waals surface area contributed by atoms with E-state index in [1.54, 1.807) is 5.51 Å². The van der Waals surface area contributed by atoms with Gasteiger partial charge in [0.25, 0.3) is 0 Å². The van der Waals surface area contributed by atoms with Gasteiger partial charge >= 0.3 is 0 Å². The third kappa shape index (κ3) is 5.16. The summed E-state index contributed by atoms with van der Waals surface area (Å²) in [6.45, 7) is 2.44. The summed E-state index contributed by atoms with van der Waals surface area (Å²) in [6.07, 6.45) is 1.15. The zero-order valence-corrected chi connectivity index (χ0v) is 14.9. The molecule has 0 aliphatic heterocycles. The minimum atomic E-state index is -0.0229. The number of amides is 1. The number of rotatable bonds is 7. The summed E-state index contributed by atoms with van der Waals surface area (Å²) in [5.41, 5.74) is 5.72. The molecule has 0 fully saturated rings. The number of benzene rings is 2. The van der Waals surface area contributed by atoms with E-state index in [4.69, 9.17) is 4.74 Å². The van der Waals surface area contributed by atoms with Crippen molar-refractivity contribution in [1.29, 1.82) is 0 Å². The van der Waals surface area contributed by atoms with Gasteiger partial charge in [-0.25, -0.2) is 4.98 Å². The topological polar surface area (TPSA) is 51.2 Å². The molecule has 0 spiro atoms. The quantitative estimate of drug-likeness (QED) is 0.676. The molecule has 1 heterocycles. The smallest absolute Gasteiger partial charge is 0.224 e. The van der Waals surface area contributed by atoms with Gasteiger partial charge in [0.2, 0.25) is 5.91 Å². The van der Waals surface area contributed by atoms with E-state index >= 15 is 0 Å². The van der Waals surface area contributed by atoms with E-state index < -0.39 is 0 Å². The Balaban J connectivity index is 1.56. The second-order valence-corrected chi connectivity index (χ2v) is 6.52. The number of aryl methyl sites for hydroxylation is 2. The summed E-state index contributed by atoms with van der Waals surface area (Å²) in [7, 11) is 0. The van der Waals surface area contributed by atoms with Crippen molar-refractivity contribution in [1.82, 2.24) is 4.98 Å². The lowest BCUT2D eigenvalue weighted by Crippen LogP contribution is -2.13. The number of aromatic nitrogens is 1. The fourth-order valence-corrected chi connectivity index (χ4v) is 2.92. The maximum Gasteiger partial charge on any atom is 0.224 e. The molecule has 5 heteroatoms. The second-order valence-electron chi connectivity index (χ2n) is 5.80. The molecule has 128 valence electrons. The zero-order valence-electron chi connectivity index (χ0n) is 14.1. The lowest BCUT2D eigenvalue weighted by Gasteiger charge is -2.12. The number of nitrogens with one attached hydrogen (secondary N) is 1. The molecule has 1 aromatic heterocycles. The molecule has 0 saturated heterocycles. The monoisotopic (exact) mass is 352 g/mol. The van der Waals surface area contributed by atoms with Crippen molar-refractivity contribution in [2.45, 2.75) is 26.4 Å². The van der Waals surface area contributed by atoms with Crippen LogP contribution in [0.1, 0.15) is 23.2 Å². The molecule has 1 amide bonds. The van der Waals surface area contributed by atoms with Gasteiger partial charge in [0, 0.05) is 11.8 Å². The molecule has 0 unspecified atom stereocenters. The number of hydrogen-bond donors (Lipinski definition) is 1. The molecule has 25 heavy (non-hydrogen) atoms. The molecular formula is C20H20N2O2S. The lowest BCUT2D eigenvalue weighted by atomic mass is 10.1. The van der Waals surface area contributed by atoms with Crippen LogP contribution in [-0.4, -0.2) is 10.9 Å². The summed E-state index contributed by atoms with van der Waals surface area (Å²) in [5.74, 6) is 0.629. The largest absolute Gasteiger partial charge is 0.485 e. The molecular weight excluding hydrogens is 332 g/mol. The number of ether oxygens (including phenoxy) is 1. The molecule has 4 nitrogen and oxygen atoms in total. The fraction of sp³-hybridized carbons (Fsp3) is 0.200. The van der Waals surface area contributed by atoms with Gasteiger partial charge in [0.1, 0.15) is 12.4 Å². The molecule has 3 rings (SSSR count). The molecule has 0 aliphatic carbocycles. The number of nitrogens with zero attached hydrogens (tertiary/aromatic N) is 1. The van der Waals surface area contributed by atoms with E-state index in [0.29, 0.717) is 30.9 Å². The highest BCUT2D eigenvalue weighted by Gasteiger charge is 2.08. The minimum absolute atomic E-state index is 0.0229. The van der Waals surface area contributed by atoms with Crippen molar-refractivity contribution in [3.63, 3.8) is 0 Å². The van der Waals surface area contributed by atoms with Gasteiger partial charge in [0.15, 0.2) is 0 Å². The van der Waals surface area contributed by atoms with Crippen LogP contribution in [0.25, 0.3) is 0 Å². The lowest BCUT2D eigenvalue weighted by molar-refractivity contribution is -0.116. The number of anilines is 1. The normalized spacial score (nSPS) is 10.4. The Bertz CT molecular complexity index is 814. The van der Waals surface area contributed by atoms with E-state index in [1.165, 1.54) is 16.9 Å². The summed E-state index contributed by atoms with van der Waals surface area (Å²) in [4.78, 5) is 16.5. The van der Waals surface area contributed by atoms with Crippen LogP contribution in [0.15, 0.2) is 59.4 Å². The predicted molar refractivity (Wildman–Crippen MR) is 101 cm³/mol. The number of carbonyl (C=O) groups excluding carboxylic acids is 1. The maximum absolute atomic E-state index is 12.3. The van der Waals surface area contributed by atoms with Crippen LogP contribution in [-0.2, 0) is 17.8 Å². The summed E-state index contributed by atoms with van der Waals surface area (Å²) in [5, 5.41) is 4.89. The first kappa shape index (κ1) is 17.2. The maximum atomic E-state index is 12.3. The summed E-state index contributed by atoms with van der Waals surface area (Å²) in [6, 6.07) is 15.7. The van der Waals surface area contributed by atoms with Gasteiger partial charge < -0.3 is 10.1 Å². The van der Waals surface area contributed by atoms with Crippen LogP contribution < -0.4 is 10.1 Å². The van der Waals surface area contributed by atoms with Crippen molar-refractivity contribution < 1.29 is 9.53 Å². The number of thiazole rings is 1. The highest BCUT2D eigenvalue weighted by Crippen LogP contribution is 2.25. The van der Waals surface area contributed by atoms with Crippen LogP contribution in [0, 0.1) is 6.92 Å². The Hall–Kier alpha value is -2.66. The molecule has 0 saturated carbocycles. The molecule has 0 atom stereocenters. The van der Waals surface area contributed by atoms with Crippen molar-refractivity contribution in [3.8, 4) is 5.75 Å². The molecule has 0 bridgehead atoms. The first-order valence-corrected chi connectivity index (χ1v) is 9.09. The average Bonchev–Trinajstić information content (AvgIpc) is 3.14. The van der Waals surface area contributed by atoms with Crippen molar-refractivity contribution in [3.05, 3.63) is 76.2 Å². The molecule has 3 aromatic rings. The average molecular weight is 352 g/mol. The van der Waals surface area contributed by atoms with Gasteiger partial charge in [-0.2, -0.15) is 0 Å². The SMILES string of the molecule is Cc1ccc(CCC(=O)Nc2ccccc2OCc2cscn2)cc1. The van der Waals surface area contributed by atoms with Crippen LogP contribution in [0.3, 0.4) is 0 Å². The van der Waals surface area contributed by atoms with Crippen molar-refractivity contribution in [2.24, 2.45) is 0 Å². The van der Waals surface area contributed by atoms with E-state index in [1.807, 2.05) is 29.6 Å². The van der Waals surface area contributed by atoms with Crippen LogP contribution >= 0.6 is 11.3 Å². The van der Waals surface area contributed by atoms with Crippen LogP contribution in [0.2, 0.25) is 0 Å². The number of carbonyl (C=O) groups is 1. The van der Waals surface area contributed by atoms with E-state index in [2.05, 4.69) is 41.5 Å². The van der Waals surface area contributed by atoms with Crippen LogP contribution in [0.5, 0.6) is 5.75 Å². The fourth-order valence-electron chi connectivity index (χ4n) is 2.38. The zero-order chi connectivity index (χ0) is 17.5. The summed E-state index contributed by atoms with van der Waals surface area (Å²) < 4.78 is 5.79. The highest BCUT2D eigenvalue weighted by atomic mass is 32.1. The van der Waals surface area contributed by atoms with E-state index in [0.717, 1.165) is 11.3 Å². The highest BCUT2D eigenvalue weighted by molar-refractivity contribution is 7.07. The third-order valence-electron chi connectivity index (χ3n) is 3.78. The Morgan fingerprint density at radius 3 is 2.72 bits per heavy atom. The Kier molecular flexibility index (Phi) is 5.80. The van der Waals surface area contributed by atoms with Gasteiger partial charge in [-0.05, 0) is 31.0 Å². The summed E-state index contributed by atoms with van der Waals surface area (Å²) >= 11 is 1.53. The van der Waals surface area contributed by atoms with Gasteiger partial charge in [-0.15, -0.1) is 11.3 Å². The van der Waals surface area contributed by atoms with Gasteiger partial charge in [-0.1, -0.05) is 42.0 Å². The number of para-hydroxylation sites is 2.